The minimum Gasteiger partial charge on any atom is -0.370 e. The molecule has 0 unspecified atom stereocenters. The van der Waals surface area contributed by atoms with E-state index in [0.717, 1.165) is 12.0 Å². The monoisotopic (exact) mass is 377 g/mol. The first-order valence-corrected chi connectivity index (χ1v) is 9.62. The molecular weight excluding hydrogens is 349 g/mol. The average molecular weight is 377 g/mol. The van der Waals surface area contributed by atoms with Gasteiger partial charge in [-0.1, -0.05) is 25.5 Å². The molecule has 1 N–H and O–H groups in total. The Kier molecular flexibility index (Phi) is 6.11. The number of carbonyl (C=O) groups is 2. The minimum atomic E-state index is -0.648. The summed E-state index contributed by atoms with van der Waals surface area (Å²) in [5.41, 5.74) is 0.216. The average Bonchev–Trinajstić information content (AvgIpc) is 2.67. The van der Waals surface area contributed by atoms with Crippen molar-refractivity contribution < 1.29 is 18.7 Å². The number of hydrogen-bond donors (Lipinski definition) is 1. The van der Waals surface area contributed by atoms with Crippen LogP contribution in [0.1, 0.15) is 38.4 Å². The van der Waals surface area contributed by atoms with Gasteiger partial charge in [0, 0.05) is 19.6 Å². The molecular formula is C20H28FN3O3. The van der Waals surface area contributed by atoms with Crippen molar-refractivity contribution in [2.45, 2.75) is 38.3 Å². The van der Waals surface area contributed by atoms with Crippen molar-refractivity contribution in [3.8, 4) is 0 Å². The first-order valence-electron chi connectivity index (χ1n) is 9.62. The second kappa shape index (κ2) is 8.35. The molecule has 27 heavy (non-hydrogen) atoms. The van der Waals surface area contributed by atoms with Crippen molar-refractivity contribution in [3.63, 3.8) is 0 Å². The van der Waals surface area contributed by atoms with Crippen LogP contribution in [0.25, 0.3) is 0 Å². The van der Waals surface area contributed by atoms with Crippen LogP contribution in [-0.2, 0) is 14.3 Å². The summed E-state index contributed by atoms with van der Waals surface area (Å²) >= 11 is 0. The van der Waals surface area contributed by atoms with Gasteiger partial charge in [0.25, 0.3) is 0 Å². The molecule has 2 fully saturated rings. The van der Waals surface area contributed by atoms with Crippen LogP contribution in [0, 0.1) is 5.82 Å². The summed E-state index contributed by atoms with van der Waals surface area (Å²) in [6.07, 6.45) is 1.33. The van der Waals surface area contributed by atoms with E-state index in [9.17, 15) is 14.0 Å². The van der Waals surface area contributed by atoms with Crippen molar-refractivity contribution in [2.24, 2.45) is 0 Å². The van der Waals surface area contributed by atoms with Crippen LogP contribution in [0.15, 0.2) is 24.3 Å². The quantitative estimate of drug-likeness (QED) is 0.849. The van der Waals surface area contributed by atoms with E-state index in [0.29, 0.717) is 39.2 Å². The number of morpholine rings is 1. The first kappa shape index (κ1) is 19.8. The number of carbonyl (C=O) groups excluding carboxylic acids is 2. The van der Waals surface area contributed by atoms with Gasteiger partial charge in [0.2, 0.25) is 11.8 Å². The van der Waals surface area contributed by atoms with E-state index in [4.69, 9.17) is 4.74 Å². The van der Waals surface area contributed by atoms with E-state index in [1.165, 1.54) is 12.1 Å². The maximum absolute atomic E-state index is 13.1. The Bertz CT molecular complexity index is 682. The number of benzene rings is 1. The minimum absolute atomic E-state index is 0.00226. The van der Waals surface area contributed by atoms with Gasteiger partial charge in [0.1, 0.15) is 11.9 Å². The molecule has 1 aromatic rings. The Hall–Kier alpha value is -1.99. The van der Waals surface area contributed by atoms with Gasteiger partial charge >= 0.3 is 0 Å². The Morgan fingerprint density at radius 1 is 1.33 bits per heavy atom. The lowest BCUT2D eigenvalue weighted by Crippen LogP contribution is -2.65. The van der Waals surface area contributed by atoms with Gasteiger partial charge in [0.05, 0.1) is 25.2 Å². The number of hydrogen-bond acceptors (Lipinski definition) is 4. The number of nitrogens with one attached hydrogen (secondary N) is 1. The van der Waals surface area contributed by atoms with E-state index < -0.39 is 5.54 Å². The molecule has 0 bridgehead atoms. The molecule has 0 aliphatic carbocycles. The Balaban J connectivity index is 1.66. The zero-order valence-electron chi connectivity index (χ0n) is 16.0. The lowest BCUT2D eigenvalue weighted by Gasteiger charge is -2.44. The van der Waals surface area contributed by atoms with Crippen molar-refractivity contribution in [1.82, 2.24) is 15.1 Å². The topological polar surface area (TPSA) is 61.9 Å². The third-order valence-electron chi connectivity index (χ3n) is 5.58. The molecule has 2 aliphatic rings. The van der Waals surface area contributed by atoms with Crippen LogP contribution < -0.4 is 5.32 Å². The van der Waals surface area contributed by atoms with E-state index in [2.05, 4.69) is 5.32 Å². The van der Waals surface area contributed by atoms with Gasteiger partial charge in [-0.25, -0.2) is 4.39 Å². The third kappa shape index (κ3) is 4.30. The van der Waals surface area contributed by atoms with Crippen LogP contribution in [0.4, 0.5) is 4.39 Å². The number of rotatable bonds is 5. The van der Waals surface area contributed by atoms with Crippen molar-refractivity contribution in [1.29, 1.82) is 0 Å². The lowest BCUT2D eigenvalue weighted by atomic mass is 9.90. The van der Waals surface area contributed by atoms with Crippen molar-refractivity contribution in [3.05, 3.63) is 35.6 Å². The molecule has 1 aromatic carbocycles. The van der Waals surface area contributed by atoms with E-state index in [1.807, 2.05) is 18.7 Å². The predicted octanol–water partition coefficient (Wildman–Crippen LogP) is 1.72. The summed E-state index contributed by atoms with van der Waals surface area (Å²) in [6, 6.07) is 6.20. The van der Waals surface area contributed by atoms with Gasteiger partial charge in [-0.15, -0.1) is 0 Å². The molecule has 7 heteroatoms. The Labute approximate surface area is 159 Å². The zero-order valence-corrected chi connectivity index (χ0v) is 16.0. The van der Waals surface area contributed by atoms with Gasteiger partial charge in [-0.05, 0) is 31.0 Å². The number of amides is 2. The zero-order chi connectivity index (χ0) is 19.4. The third-order valence-corrected chi connectivity index (χ3v) is 5.58. The van der Waals surface area contributed by atoms with Crippen LogP contribution in [0.2, 0.25) is 0 Å². The normalized spacial score (nSPS) is 26.7. The fourth-order valence-corrected chi connectivity index (χ4v) is 3.92. The van der Waals surface area contributed by atoms with Gasteiger partial charge in [-0.2, -0.15) is 0 Å². The SMILES string of the molecule is CCC[C@@]1(C)C(=O)NCCN1CC(=O)N1CCO[C@@H](c2ccc(F)cc2)C1. The van der Waals surface area contributed by atoms with Crippen LogP contribution >= 0.6 is 0 Å². The molecule has 3 rings (SSSR count). The van der Waals surface area contributed by atoms with E-state index in [1.54, 1.807) is 17.0 Å². The highest BCUT2D eigenvalue weighted by Gasteiger charge is 2.42. The molecule has 2 amide bonds. The van der Waals surface area contributed by atoms with Crippen molar-refractivity contribution in [2.75, 3.05) is 39.3 Å². The number of nitrogens with zero attached hydrogens (tertiary/aromatic N) is 2. The highest BCUT2D eigenvalue weighted by Crippen LogP contribution is 2.26. The lowest BCUT2D eigenvalue weighted by molar-refractivity contribution is -0.146. The smallest absolute Gasteiger partial charge is 0.240 e. The summed E-state index contributed by atoms with van der Waals surface area (Å²) in [5, 5.41) is 2.92. The standard InChI is InChI=1S/C20H28FN3O3/c1-3-8-20(2)19(26)22-9-10-24(20)14-18(25)23-11-12-27-17(13-23)15-4-6-16(21)7-5-15/h4-7,17H,3,8-14H2,1-2H3,(H,22,26)/t17-,20+/m1/s1. The molecule has 0 spiro atoms. The number of piperazine rings is 1. The first-order chi connectivity index (χ1) is 12.9. The second-order valence-corrected chi connectivity index (χ2v) is 7.45. The molecule has 148 valence electrons. The van der Waals surface area contributed by atoms with Crippen LogP contribution in [0.5, 0.6) is 0 Å². The molecule has 0 saturated carbocycles. The number of ether oxygens (including phenoxy) is 1. The molecule has 2 heterocycles. The van der Waals surface area contributed by atoms with Gasteiger partial charge in [0.15, 0.2) is 0 Å². The largest absolute Gasteiger partial charge is 0.370 e. The predicted molar refractivity (Wildman–Crippen MR) is 99.6 cm³/mol. The molecule has 2 saturated heterocycles. The summed E-state index contributed by atoms with van der Waals surface area (Å²) in [4.78, 5) is 29.1. The second-order valence-electron chi connectivity index (χ2n) is 7.45. The summed E-state index contributed by atoms with van der Waals surface area (Å²) < 4.78 is 18.9. The Morgan fingerprint density at radius 2 is 2.07 bits per heavy atom. The van der Waals surface area contributed by atoms with E-state index in [-0.39, 0.29) is 30.3 Å². The highest BCUT2D eigenvalue weighted by atomic mass is 19.1. The molecule has 0 radical (unpaired) electrons. The maximum atomic E-state index is 13.1. The van der Waals surface area contributed by atoms with Gasteiger partial charge < -0.3 is 15.0 Å². The Morgan fingerprint density at radius 3 is 2.78 bits per heavy atom. The molecule has 6 nitrogen and oxygen atoms in total. The molecule has 2 aliphatic heterocycles. The van der Waals surface area contributed by atoms with Gasteiger partial charge in [-0.3, -0.25) is 14.5 Å². The fraction of sp³-hybridized carbons (Fsp3) is 0.600. The van der Waals surface area contributed by atoms with Crippen molar-refractivity contribution >= 4 is 11.8 Å². The van der Waals surface area contributed by atoms with Crippen LogP contribution in [-0.4, -0.2) is 66.5 Å². The molecule has 2 atom stereocenters. The summed E-state index contributed by atoms with van der Waals surface area (Å²) in [5.74, 6) is -0.293. The highest BCUT2D eigenvalue weighted by molar-refractivity contribution is 5.88. The maximum Gasteiger partial charge on any atom is 0.240 e. The molecule has 0 aromatic heterocycles. The number of halogens is 1. The van der Waals surface area contributed by atoms with Crippen LogP contribution in [0.3, 0.4) is 0 Å². The van der Waals surface area contributed by atoms with E-state index >= 15 is 0 Å². The fourth-order valence-electron chi connectivity index (χ4n) is 3.92. The summed E-state index contributed by atoms with van der Waals surface area (Å²) in [7, 11) is 0. The summed E-state index contributed by atoms with van der Waals surface area (Å²) in [6.45, 7) is 6.82.